The largest absolute Gasteiger partial charge is 0.444 e. The highest BCUT2D eigenvalue weighted by molar-refractivity contribution is 7.15. The molecular weight excluding hydrogens is 526 g/mol. The van der Waals surface area contributed by atoms with E-state index < -0.39 is 11.2 Å². The summed E-state index contributed by atoms with van der Waals surface area (Å²) in [5.41, 5.74) is 3.08. The Labute approximate surface area is 240 Å². The van der Waals surface area contributed by atoms with E-state index in [1.54, 1.807) is 9.80 Å². The van der Waals surface area contributed by atoms with Crippen molar-refractivity contribution in [3.8, 4) is 0 Å². The Morgan fingerprint density at radius 2 is 1.27 bits per heavy atom. The number of carbonyl (C=O) groups excluding carboxylic acids is 3. The molecule has 0 unspecified atom stereocenters. The Hall–Kier alpha value is -3.59. The summed E-state index contributed by atoms with van der Waals surface area (Å²) in [6.07, 6.45) is 4.96. The lowest BCUT2D eigenvalue weighted by Gasteiger charge is -2.29. The van der Waals surface area contributed by atoms with Crippen molar-refractivity contribution in [1.82, 2.24) is 9.80 Å². The van der Waals surface area contributed by atoms with E-state index in [0.717, 1.165) is 28.1 Å². The second-order valence-corrected chi connectivity index (χ2v) is 13.1. The third-order valence-corrected chi connectivity index (χ3v) is 7.54. The Morgan fingerprint density at radius 3 is 1.75 bits per heavy atom. The number of thiophene rings is 1. The number of anilines is 1. The van der Waals surface area contributed by atoms with Crippen molar-refractivity contribution in [3.63, 3.8) is 0 Å². The molecule has 0 aliphatic carbocycles. The molecule has 0 bridgehead atoms. The van der Waals surface area contributed by atoms with Crippen LogP contribution in [-0.2, 0) is 9.47 Å². The first kappa shape index (κ1) is 29.4. The van der Waals surface area contributed by atoms with Crippen molar-refractivity contribution < 1.29 is 23.9 Å². The first-order chi connectivity index (χ1) is 18.8. The average molecular weight is 566 g/mol. The summed E-state index contributed by atoms with van der Waals surface area (Å²) < 4.78 is 10.9. The van der Waals surface area contributed by atoms with Gasteiger partial charge in [0.25, 0.3) is 5.91 Å². The van der Waals surface area contributed by atoms with Crippen LogP contribution in [0.3, 0.4) is 0 Å². The number of amides is 3. The maximum Gasteiger partial charge on any atom is 0.410 e. The quantitative estimate of drug-likeness (QED) is 0.429. The molecule has 1 aromatic carbocycles. The van der Waals surface area contributed by atoms with E-state index in [-0.39, 0.29) is 18.1 Å². The number of ether oxygens (including phenoxy) is 2. The Morgan fingerprint density at radius 1 is 0.750 bits per heavy atom. The molecule has 3 amide bonds. The molecule has 0 saturated heterocycles. The normalized spacial score (nSPS) is 16.1. The van der Waals surface area contributed by atoms with E-state index in [4.69, 9.17) is 9.47 Å². The fraction of sp³-hybridized carbons (Fsp3) is 0.452. The second kappa shape index (κ2) is 11.9. The van der Waals surface area contributed by atoms with Crippen molar-refractivity contribution in [2.75, 3.05) is 31.5 Å². The van der Waals surface area contributed by atoms with Crippen LogP contribution in [-0.4, -0.2) is 65.3 Å². The SMILES string of the molecule is CC(C)(C)OC(=O)N1CC=C(c2ccc(NC(=O)c3ccc(C4=CCN(C(=O)OC(C)(C)C)CC4)s3)cc2)CC1. The summed E-state index contributed by atoms with van der Waals surface area (Å²) >= 11 is 1.45. The second-order valence-electron chi connectivity index (χ2n) is 12.0. The van der Waals surface area contributed by atoms with Gasteiger partial charge in [-0.15, -0.1) is 11.3 Å². The zero-order chi connectivity index (χ0) is 29.1. The molecule has 0 fully saturated rings. The fourth-order valence-electron chi connectivity index (χ4n) is 4.40. The van der Waals surface area contributed by atoms with Crippen molar-refractivity contribution >= 4 is 46.3 Å². The van der Waals surface area contributed by atoms with Crippen LogP contribution in [0.2, 0.25) is 0 Å². The van der Waals surface area contributed by atoms with Crippen molar-refractivity contribution in [2.24, 2.45) is 0 Å². The number of nitrogens with zero attached hydrogens (tertiary/aromatic N) is 2. The number of nitrogens with one attached hydrogen (secondary N) is 1. The molecular formula is C31H39N3O5S. The number of rotatable bonds is 4. The molecule has 3 heterocycles. The van der Waals surface area contributed by atoms with Crippen LogP contribution in [0.25, 0.3) is 11.1 Å². The fourth-order valence-corrected chi connectivity index (χ4v) is 5.37. The van der Waals surface area contributed by atoms with Crippen LogP contribution < -0.4 is 5.32 Å². The van der Waals surface area contributed by atoms with Gasteiger partial charge < -0.3 is 24.6 Å². The van der Waals surface area contributed by atoms with Gasteiger partial charge in [0, 0.05) is 36.7 Å². The molecule has 2 aliphatic rings. The Bertz CT molecular complexity index is 1310. The topological polar surface area (TPSA) is 88.2 Å². The Kier molecular flexibility index (Phi) is 8.73. The number of carbonyl (C=O) groups is 3. The lowest BCUT2D eigenvalue weighted by atomic mass is 9.99. The minimum Gasteiger partial charge on any atom is -0.444 e. The first-order valence-electron chi connectivity index (χ1n) is 13.6. The van der Waals surface area contributed by atoms with Gasteiger partial charge in [0.1, 0.15) is 11.2 Å². The predicted molar refractivity (Wildman–Crippen MR) is 160 cm³/mol. The molecule has 0 spiro atoms. The van der Waals surface area contributed by atoms with Gasteiger partial charge in [-0.2, -0.15) is 0 Å². The van der Waals surface area contributed by atoms with Gasteiger partial charge >= 0.3 is 12.2 Å². The third kappa shape index (κ3) is 7.97. The summed E-state index contributed by atoms with van der Waals surface area (Å²) in [4.78, 5) is 42.6. The summed E-state index contributed by atoms with van der Waals surface area (Å²) in [7, 11) is 0. The van der Waals surface area contributed by atoms with Crippen molar-refractivity contribution in [1.29, 1.82) is 0 Å². The zero-order valence-electron chi connectivity index (χ0n) is 24.2. The molecule has 2 aliphatic heterocycles. The van der Waals surface area contributed by atoms with Gasteiger partial charge in [-0.25, -0.2) is 9.59 Å². The standard InChI is InChI=1S/C31H39N3O5S/c1-30(2,3)38-28(36)33-17-13-22(14-18-33)21-7-9-24(10-8-21)32-27(35)26-12-11-25(40-26)23-15-19-34(20-16-23)29(37)39-31(4,5)6/h7-13,15H,14,16-20H2,1-6H3,(H,32,35). The number of hydrogen-bond acceptors (Lipinski definition) is 6. The Balaban J connectivity index is 1.31. The molecule has 0 atom stereocenters. The summed E-state index contributed by atoms with van der Waals surface area (Å²) in [6.45, 7) is 13.4. The highest BCUT2D eigenvalue weighted by Gasteiger charge is 2.25. The summed E-state index contributed by atoms with van der Waals surface area (Å²) in [5, 5.41) is 2.99. The third-order valence-electron chi connectivity index (χ3n) is 6.38. The molecule has 4 rings (SSSR count). The lowest BCUT2D eigenvalue weighted by Crippen LogP contribution is -2.39. The lowest BCUT2D eigenvalue weighted by molar-refractivity contribution is 0.0260. The summed E-state index contributed by atoms with van der Waals surface area (Å²) in [6, 6.07) is 11.6. The van der Waals surface area contributed by atoms with Crippen LogP contribution in [0.4, 0.5) is 15.3 Å². The first-order valence-corrected chi connectivity index (χ1v) is 14.4. The van der Waals surface area contributed by atoms with E-state index >= 15 is 0 Å². The van der Waals surface area contributed by atoms with Gasteiger partial charge in [0.05, 0.1) is 4.88 Å². The van der Waals surface area contributed by atoms with Gasteiger partial charge in [0.15, 0.2) is 0 Å². The van der Waals surface area contributed by atoms with Crippen LogP contribution in [0.5, 0.6) is 0 Å². The van der Waals surface area contributed by atoms with Gasteiger partial charge in [-0.1, -0.05) is 24.3 Å². The number of benzene rings is 1. The smallest absolute Gasteiger partial charge is 0.410 e. The van der Waals surface area contributed by atoms with Gasteiger partial charge in [-0.05, 0) is 95.4 Å². The molecule has 1 N–H and O–H groups in total. The maximum atomic E-state index is 12.9. The monoisotopic (exact) mass is 565 g/mol. The van der Waals surface area contributed by atoms with Crippen LogP contribution >= 0.6 is 11.3 Å². The van der Waals surface area contributed by atoms with E-state index in [1.165, 1.54) is 16.9 Å². The van der Waals surface area contributed by atoms with Gasteiger partial charge in [0.2, 0.25) is 0 Å². The minimum absolute atomic E-state index is 0.152. The highest BCUT2D eigenvalue weighted by atomic mass is 32.1. The van der Waals surface area contributed by atoms with Crippen LogP contribution in [0, 0.1) is 0 Å². The van der Waals surface area contributed by atoms with E-state index in [0.29, 0.717) is 37.5 Å². The molecule has 8 nitrogen and oxygen atoms in total. The molecule has 0 radical (unpaired) electrons. The van der Waals surface area contributed by atoms with E-state index in [9.17, 15) is 14.4 Å². The zero-order valence-corrected chi connectivity index (χ0v) is 25.0. The predicted octanol–water partition coefficient (Wildman–Crippen LogP) is 7.05. The summed E-state index contributed by atoms with van der Waals surface area (Å²) in [5.74, 6) is -0.152. The highest BCUT2D eigenvalue weighted by Crippen LogP contribution is 2.30. The molecule has 2 aromatic rings. The van der Waals surface area contributed by atoms with Crippen LogP contribution in [0.15, 0.2) is 48.6 Å². The molecule has 214 valence electrons. The van der Waals surface area contributed by atoms with Crippen molar-refractivity contribution in [3.05, 3.63) is 63.9 Å². The van der Waals surface area contributed by atoms with Crippen LogP contribution in [0.1, 0.15) is 74.5 Å². The average Bonchev–Trinajstić information content (AvgIpc) is 3.38. The van der Waals surface area contributed by atoms with Crippen molar-refractivity contribution in [2.45, 2.75) is 65.6 Å². The van der Waals surface area contributed by atoms with E-state index in [1.807, 2.05) is 84.0 Å². The minimum atomic E-state index is -0.518. The number of hydrogen-bond donors (Lipinski definition) is 1. The maximum absolute atomic E-state index is 12.9. The van der Waals surface area contributed by atoms with Gasteiger partial charge in [-0.3, -0.25) is 4.79 Å². The molecule has 0 saturated carbocycles. The molecule has 40 heavy (non-hydrogen) atoms. The molecule has 1 aromatic heterocycles. The molecule has 9 heteroatoms. The van der Waals surface area contributed by atoms with E-state index in [2.05, 4.69) is 11.4 Å².